The minimum atomic E-state index is -1.00. The first kappa shape index (κ1) is 14.5. The molecule has 0 aliphatic carbocycles. The molecule has 5 heteroatoms. The van der Waals surface area contributed by atoms with E-state index in [1.807, 2.05) is 38.1 Å². The highest BCUT2D eigenvalue weighted by atomic mass is 16.5. The topological polar surface area (TPSA) is 66.8 Å². The Balaban J connectivity index is 2.10. The van der Waals surface area contributed by atoms with E-state index in [1.54, 1.807) is 4.90 Å². The summed E-state index contributed by atoms with van der Waals surface area (Å²) >= 11 is 0. The van der Waals surface area contributed by atoms with Crippen LogP contribution < -0.4 is 4.90 Å². The Morgan fingerprint density at radius 2 is 1.85 bits per heavy atom. The molecular formula is C15H19NO4. The Hall–Kier alpha value is -1.88. The van der Waals surface area contributed by atoms with E-state index in [9.17, 15) is 9.59 Å². The number of aryl methyl sites for hydroxylation is 1. The first-order valence-corrected chi connectivity index (χ1v) is 6.79. The smallest absolute Gasteiger partial charge is 0.332 e. The summed E-state index contributed by atoms with van der Waals surface area (Å²) in [6.45, 7) is 4.40. The third-order valence-electron chi connectivity index (χ3n) is 3.50. The Morgan fingerprint density at radius 1 is 1.25 bits per heavy atom. The van der Waals surface area contributed by atoms with Crippen LogP contribution in [0.4, 0.5) is 5.69 Å². The lowest BCUT2D eigenvalue weighted by Crippen LogP contribution is -2.39. The fourth-order valence-electron chi connectivity index (χ4n) is 2.36. The van der Waals surface area contributed by atoms with E-state index in [2.05, 4.69) is 0 Å². The summed E-state index contributed by atoms with van der Waals surface area (Å²) in [5, 5.41) is 8.91. The summed E-state index contributed by atoms with van der Waals surface area (Å²) in [4.78, 5) is 24.9. The van der Waals surface area contributed by atoms with Gasteiger partial charge in [0, 0.05) is 12.2 Å². The van der Waals surface area contributed by atoms with Gasteiger partial charge in [-0.1, -0.05) is 17.7 Å². The first-order chi connectivity index (χ1) is 9.52. The van der Waals surface area contributed by atoms with Gasteiger partial charge in [0.15, 0.2) is 6.10 Å². The number of aliphatic carboxylic acids is 1. The Kier molecular flexibility index (Phi) is 4.39. The molecular weight excluding hydrogens is 258 g/mol. The highest BCUT2D eigenvalue weighted by Gasteiger charge is 2.36. The van der Waals surface area contributed by atoms with Crippen molar-refractivity contribution in [1.29, 1.82) is 0 Å². The maximum Gasteiger partial charge on any atom is 0.332 e. The summed E-state index contributed by atoms with van der Waals surface area (Å²) < 4.78 is 5.32. The van der Waals surface area contributed by atoms with Crippen molar-refractivity contribution in [1.82, 2.24) is 0 Å². The normalized spacial score (nSPS) is 21.7. The largest absolute Gasteiger partial charge is 0.479 e. The number of likely N-dealkylation sites (N-methyl/N-ethyl adjacent to an activating group) is 1. The number of amides is 1. The Morgan fingerprint density at radius 3 is 2.35 bits per heavy atom. The lowest BCUT2D eigenvalue weighted by molar-refractivity contribution is -0.151. The van der Waals surface area contributed by atoms with E-state index in [0.717, 1.165) is 11.3 Å². The molecule has 1 aliphatic rings. The number of ether oxygens (including phenoxy) is 1. The second-order valence-corrected chi connectivity index (χ2v) is 4.95. The van der Waals surface area contributed by atoms with Crippen LogP contribution in [0.5, 0.6) is 0 Å². The first-order valence-electron chi connectivity index (χ1n) is 6.79. The molecule has 0 radical (unpaired) electrons. The third-order valence-corrected chi connectivity index (χ3v) is 3.50. The van der Waals surface area contributed by atoms with Crippen molar-refractivity contribution in [2.75, 3.05) is 11.4 Å². The number of nitrogens with zero attached hydrogens (tertiary/aromatic N) is 1. The van der Waals surface area contributed by atoms with Crippen molar-refractivity contribution in [2.45, 2.75) is 38.9 Å². The average Bonchev–Trinajstić information content (AvgIpc) is 2.91. The summed E-state index contributed by atoms with van der Waals surface area (Å²) in [5.74, 6) is -1.17. The van der Waals surface area contributed by atoms with Crippen LogP contribution in [-0.2, 0) is 14.3 Å². The van der Waals surface area contributed by atoms with Crippen LogP contribution in [0.2, 0.25) is 0 Å². The minimum Gasteiger partial charge on any atom is -0.479 e. The molecule has 2 rings (SSSR count). The molecule has 1 amide bonds. The number of benzene rings is 1. The number of anilines is 1. The Labute approximate surface area is 118 Å². The molecule has 0 aromatic heterocycles. The molecule has 1 saturated heterocycles. The van der Waals surface area contributed by atoms with Crippen molar-refractivity contribution in [2.24, 2.45) is 0 Å². The number of hydrogen-bond donors (Lipinski definition) is 1. The molecule has 2 atom stereocenters. The molecule has 1 N–H and O–H groups in total. The minimum absolute atomic E-state index is 0.167. The summed E-state index contributed by atoms with van der Waals surface area (Å²) in [6, 6.07) is 7.67. The fraction of sp³-hybridized carbons (Fsp3) is 0.467. The number of rotatable bonds is 4. The van der Waals surface area contributed by atoms with Gasteiger partial charge in [0.05, 0.1) is 0 Å². The monoisotopic (exact) mass is 277 g/mol. The average molecular weight is 277 g/mol. The van der Waals surface area contributed by atoms with E-state index in [0.29, 0.717) is 19.4 Å². The molecule has 5 nitrogen and oxygen atoms in total. The third kappa shape index (κ3) is 2.99. The van der Waals surface area contributed by atoms with Gasteiger partial charge in [0.25, 0.3) is 5.91 Å². The molecule has 1 aromatic rings. The molecule has 1 fully saturated rings. The summed E-state index contributed by atoms with van der Waals surface area (Å²) in [6.07, 6.45) is -0.673. The van der Waals surface area contributed by atoms with Crippen molar-refractivity contribution in [3.05, 3.63) is 29.8 Å². The Bertz CT molecular complexity index is 497. The standard InChI is InChI=1S/C15H19NO4/c1-3-16(11-6-4-10(2)5-7-11)14(17)12-8-9-13(20-12)15(18)19/h4-7,12-13H,3,8-9H2,1-2H3,(H,18,19). The van der Waals surface area contributed by atoms with E-state index >= 15 is 0 Å². The zero-order valence-corrected chi connectivity index (χ0v) is 11.7. The van der Waals surface area contributed by atoms with Crippen LogP contribution in [0.15, 0.2) is 24.3 Å². The molecule has 1 heterocycles. The lowest BCUT2D eigenvalue weighted by Gasteiger charge is -2.24. The van der Waals surface area contributed by atoms with Crippen molar-refractivity contribution in [3.8, 4) is 0 Å². The van der Waals surface area contributed by atoms with E-state index in [4.69, 9.17) is 9.84 Å². The molecule has 0 saturated carbocycles. The van der Waals surface area contributed by atoms with Crippen LogP contribution in [0, 0.1) is 6.92 Å². The van der Waals surface area contributed by atoms with Gasteiger partial charge in [-0.3, -0.25) is 4.79 Å². The van der Waals surface area contributed by atoms with Crippen LogP contribution >= 0.6 is 0 Å². The number of carboxylic acids is 1. The highest BCUT2D eigenvalue weighted by Crippen LogP contribution is 2.24. The SMILES string of the molecule is CCN(C(=O)C1CCC(C(=O)O)O1)c1ccc(C)cc1. The summed E-state index contributed by atoms with van der Waals surface area (Å²) in [5.41, 5.74) is 1.94. The molecule has 2 unspecified atom stereocenters. The molecule has 108 valence electrons. The van der Waals surface area contributed by atoms with Crippen LogP contribution in [0.25, 0.3) is 0 Å². The van der Waals surface area contributed by atoms with Crippen LogP contribution in [-0.4, -0.2) is 35.7 Å². The number of carbonyl (C=O) groups excluding carboxylic acids is 1. The van der Waals surface area contributed by atoms with E-state index < -0.39 is 18.2 Å². The lowest BCUT2D eigenvalue weighted by atomic mass is 10.1. The van der Waals surface area contributed by atoms with Crippen molar-refractivity contribution in [3.63, 3.8) is 0 Å². The van der Waals surface area contributed by atoms with Crippen molar-refractivity contribution >= 4 is 17.6 Å². The number of hydrogen-bond acceptors (Lipinski definition) is 3. The molecule has 20 heavy (non-hydrogen) atoms. The van der Waals surface area contributed by atoms with Gasteiger partial charge < -0.3 is 14.7 Å². The number of carbonyl (C=O) groups is 2. The predicted molar refractivity (Wildman–Crippen MR) is 74.7 cm³/mol. The second kappa shape index (κ2) is 6.05. The quantitative estimate of drug-likeness (QED) is 0.913. The van der Waals surface area contributed by atoms with E-state index in [-0.39, 0.29) is 5.91 Å². The van der Waals surface area contributed by atoms with E-state index in [1.165, 1.54) is 0 Å². The highest BCUT2D eigenvalue weighted by molar-refractivity contribution is 5.97. The molecule has 0 spiro atoms. The van der Waals surface area contributed by atoms with Crippen molar-refractivity contribution < 1.29 is 19.4 Å². The van der Waals surface area contributed by atoms with Gasteiger partial charge in [-0.25, -0.2) is 4.79 Å². The van der Waals surface area contributed by atoms with Gasteiger partial charge in [-0.2, -0.15) is 0 Å². The second-order valence-electron chi connectivity index (χ2n) is 4.95. The van der Waals surface area contributed by atoms with Crippen LogP contribution in [0.3, 0.4) is 0 Å². The maximum absolute atomic E-state index is 12.4. The molecule has 1 aromatic carbocycles. The number of carboxylic acid groups (broad SMARTS) is 1. The predicted octanol–water partition coefficient (Wildman–Crippen LogP) is 1.98. The van der Waals surface area contributed by atoms with Gasteiger partial charge in [-0.05, 0) is 38.8 Å². The van der Waals surface area contributed by atoms with Gasteiger partial charge in [-0.15, -0.1) is 0 Å². The molecule has 0 bridgehead atoms. The van der Waals surface area contributed by atoms with Crippen LogP contribution in [0.1, 0.15) is 25.3 Å². The summed E-state index contributed by atoms with van der Waals surface area (Å²) in [7, 11) is 0. The zero-order valence-electron chi connectivity index (χ0n) is 11.7. The van der Waals surface area contributed by atoms with Gasteiger partial charge in [0.1, 0.15) is 6.10 Å². The maximum atomic E-state index is 12.4. The van der Waals surface area contributed by atoms with Gasteiger partial charge >= 0.3 is 5.97 Å². The molecule has 1 aliphatic heterocycles. The zero-order chi connectivity index (χ0) is 14.7. The fourth-order valence-corrected chi connectivity index (χ4v) is 2.36. The van der Waals surface area contributed by atoms with Gasteiger partial charge in [0.2, 0.25) is 0 Å².